The second-order valence-corrected chi connectivity index (χ2v) is 5.60. The van der Waals surface area contributed by atoms with Gasteiger partial charge in [0.2, 0.25) is 0 Å². The third-order valence-corrected chi connectivity index (χ3v) is 4.39. The molecule has 2 unspecified atom stereocenters. The lowest BCUT2D eigenvalue weighted by Crippen LogP contribution is -2.36. The summed E-state index contributed by atoms with van der Waals surface area (Å²) in [5.41, 5.74) is 3.25. The fourth-order valence-corrected chi connectivity index (χ4v) is 3.26. The Morgan fingerprint density at radius 1 is 1.23 bits per heavy atom. The molecular formula is C10H19NOS. The van der Waals surface area contributed by atoms with Gasteiger partial charge in [0.1, 0.15) is 0 Å². The number of rotatable bonds is 3. The summed E-state index contributed by atoms with van der Waals surface area (Å²) in [7, 11) is 0. The normalized spacial score (nSPS) is 35.8. The molecule has 0 bridgehead atoms. The van der Waals surface area contributed by atoms with Crippen LogP contribution in [-0.4, -0.2) is 23.1 Å². The Kier molecular flexibility index (Phi) is 3.52. The molecule has 0 aromatic heterocycles. The first-order valence-corrected chi connectivity index (χ1v) is 6.44. The van der Waals surface area contributed by atoms with Gasteiger partial charge in [0.15, 0.2) is 0 Å². The van der Waals surface area contributed by atoms with Crippen molar-refractivity contribution in [3.8, 4) is 0 Å². The van der Waals surface area contributed by atoms with Gasteiger partial charge >= 0.3 is 0 Å². The molecule has 0 aromatic carbocycles. The molecule has 0 radical (unpaired) electrons. The Morgan fingerprint density at radius 2 is 2.00 bits per heavy atom. The number of thioether (sulfide) groups is 1. The first kappa shape index (κ1) is 9.81. The van der Waals surface area contributed by atoms with Crippen LogP contribution in [0.1, 0.15) is 39.0 Å². The van der Waals surface area contributed by atoms with Gasteiger partial charge in [0.05, 0.1) is 6.10 Å². The highest BCUT2D eigenvalue weighted by molar-refractivity contribution is 8.00. The minimum absolute atomic E-state index is 0.498. The van der Waals surface area contributed by atoms with Crippen molar-refractivity contribution >= 4 is 11.8 Å². The Balaban J connectivity index is 1.66. The van der Waals surface area contributed by atoms with Gasteiger partial charge in [0, 0.05) is 11.3 Å². The van der Waals surface area contributed by atoms with E-state index >= 15 is 0 Å². The third-order valence-electron chi connectivity index (χ3n) is 3.06. The third kappa shape index (κ3) is 2.61. The first-order valence-electron chi connectivity index (χ1n) is 5.39. The average Bonchev–Trinajstić information content (AvgIpc) is 2.72. The molecule has 2 atom stereocenters. The topological polar surface area (TPSA) is 21.3 Å². The Hall–Kier alpha value is 0.270. The Morgan fingerprint density at radius 3 is 2.62 bits per heavy atom. The van der Waals surface area contributed by atoms with Gasteiger partial charge < -0.3 is 0 Å². The van der Waals surface area contributed by atoms with E-state index < -0.39 is 0 Å². The molecule has 1 N–H and O–H groups in total. The maximum Gasteiger partial charge on any atom is 0.0790 e. The predicted molar refractivity (Wildman–Crippen MR) is 56.8 cm³/mol. The Labute approximate surface area is 84.8 Å². The second-order valence-electron chi connectivity index (χ2n) is 4.11. The lowest BCUT2D eigenvalue weighted by Gasteiger charge is -2.19. The zero-order chi connectivity index (χ0) is 9.10. The van der Waals surface area contributed by atoms with E-state index in [0.29, 0.717) is 12.1 Å². The van der Waals surface area contributed by atoms with Gasteiger partial charge in [-0.1, -0.05) is 19.8 Å². The summed E-state index contributed by atoms with van der Waals surface area (Å²) >= 11 is 2.05. The van der Waals surface area contributed by atoms with E-state index in [1.54, 1.807) is 0 Å². The van der Waals surface area contributed by atoms with Crippen LogP contribution in [0.25, 0.3) is 0 Å². The standard InChI is InChI=1S/C10H19NOS/c1-8-10(6-7-13-8)11-12-9-4-2-3-5-9/h8-11H,2-7H2,1H3. The maximum atomic E-state index is 5.69. The highest BCUT2D eigenvalue weighted by Gasteiger charge is 2.25. The van der Waals surface area contributed by atoms with E-state index in [1.807, 2.05) is 11.8 Å². The molecule has 1 saturated carbocycles. The summed E-state index contributed by atoms with van der Waals surface area (Å²) in [5, 5.41) is 0.724. The summed E-state index contributed by atoms with van der Waals surface area (Å²) in [6.45, 7) is 2.29. The summed E-state index contributed by atoms with van der Waals surface area (Å²) in [4.78, 5) is 5.69. The number of hydrogen-bond donors (Lipinski definition) is 1. The molecule has 2 nitrogen and oxygen atoms in total. The fourth-order valence-electron chi connectivity index (χ4n) is 2.08. The summed E-state index contributed by atoms with van der Waals surface area (Å²) in [6.07, 6.45) is 6.96. The van der Waals surface area contributed by atoms with Crippen LogP contribution in [0, 0.1) is 0 Å². The molecule has 2 rings (SSSR count). The molecular weight excluding hydrogens is 182 g/mol. The molecule has 0 amide bonds. The van der Waals surface area contributed by atoms with Crippen LogP contribution in [0.3, 0.4) is 0 Å². The fraction of sp³-hybridized carbons (Fsp3) is 1.00. The van der Waals surface area contributed by atoms with Crippen molar-refractivity contribution in [2.75, 3.05) is 5.75 Å². The molecule has 2 aliphatic rings. The van der Waals surface area contributed by atoms with Crippen LogP contribution < -0.4 is 5.48 Å². The largest absolute Gasteiger partial charge is 0.298 e. The number of hydroxylamine groups is 1. The van der Waals surface area contributed by atoms with Crippen LogP contribution >= 0.6 is 11.8 Å². The van der Waals surface area contributed by atoms with Crippen LogP contribution in [-0.2, 0) is 4.84 Å². The predicted octanol–water partition coefficient (Wildman–Crippen LogP) is 2.34. The molecule has 0 spiro atoms. The van der Waals surface area contributed by atoms with Crippen LogP contribution in [0.4, 0.5) is 0 Å². The van der Waals surface area contributed by atoms with Crippen molar-refractivity contribution in [1.82, 2.24) is 5.48 Å². The van der Waals surface area contributed by atoms with Gasteiger partial charge in [-0.3, -0.25) is 4.84 Å². The molecule has 76 valence electrons. The van der Waals surface area contributed by atoms with Crippen LogP contribution in [0.15, 0.2) is 0 Å². The quantitative estimate of drug-likeness (QED) is 0.708. The molecule has 0 aromatic rings. The number of nitrogens with one attached hydrogen (secondary N) is 1. The molecule has 1 saturated heterocycles. The van der Waals surface area contributed by atoms with Gasteiger partial charge in [-0.2, -0.15) is 17.2 Å². The molecule has 2 fully saturated rings. The molecule has 1 aliphatic carbocycles. The summed E-state index contributed by atoms with van der Waals surface area (Å²) in [6, 6.07) is 0.589. The highest BCUT2D eigenvalue weighted by Crippen LogP contribution is 2.27. The van der Waals surface area contributed by atoms with Crippen molar-refractivity contribution < 1.29 is 4.84 Å². The minimum atomic E-state index is 0.498. The Bertz CT molecular complexity index is 159. The van der Waals surface area contributed by atoms with E-state index in [2.05, 4.69) is 12.4 Å². The lowest BCUT2D eigenvalue weighted by molar-refractivity contribution is -0.0390. The van der Waals surface area contributed by atoms with E-state index in [9.17, 15) is 0 Å². The molecule has 3 heteroatoms. The average molecular weight is 201 g/mol. The lowest BCUT2D eigenvalue weighted by atomic mass is 10.2. The zero-order valence-electron chi connectivity index (χ0n) is 8.29. The van der Waals surface area contributed by atoms with Gasteiger partial charge in [-0.15, -0.1) is 0 Å². The summed E-state index contributed by atoms with van der Waals surface area (Å²) < 4.78 is 0. The maximum absolute atomic E-state index is 5.69. The molecule has 1 aliphatic heterocycles. The van der Waals surface area contributed by atoms with Gasteiger partial charge in [0.25, 0.3) is 0 Å². The van der Waals surface area contributed by atoms with E-state index in [0.717, 1.165) is 5.25 Å². The minimum Gasteiger partial charge on any atom is -0.298 e. The van der Waals surface area contributed by atoms with E-state index in [1.165, 1.54) is 37.9 Å². The smallest absolute Gasteiger partial charge is 0.0790 e. The highest BCUT2D eigenvalue weighted by atomic mass is 32.2. The van der Waals surface area contributed by atoms with Gasteiger partial charge in [-0.25, -0.2) is 0 Å². The SMILES string of the molecule is CC1SCCC1NOC1CCCC1. The summed E-state index contributed by atoms with van der Waals surface area (Å²) in [5.74, 6) is 1.28. The van der Waals surface area contributed by atoms with Crippen molar-refractivity contribution in [1.29, 1.82) is 0 Å². The zero-order valence-corrected chi connectivity index (χ0v) is 9.11. The molecule has 13 heavy (non-hydrogen) atoms. The number of hydrogen-bond acceptors (Lipinski definition) is 3. The van der Waals surface area contributed by atoms with Crippen molar-refractivity contribution in [2.24, 2.45) is 0 Å². The van der Waals surface area contributed by atoms with Crippen LogP contribution in [0.2, 0.25) is 0 Å². The molecule has 1 heterocycles. The van der Waals surface area contributed by atoms with Gasteiger partial charge in [-0.05, 0) is 25.0 Å². The van der Waals surface area contributed by atoms with Crippen LogP contribution in [0.5, 0.6) is 0 Å². The van der Waals surface area contributed by atoms with Crippen molar-refractivity contribution in [3.63, 3.8) is 0 Å². The van der Waals surface area contributed by atoms with Crippen molar-refractivity contribution in [3.05, 3.63) is 0 Å². The second kappa shape index (κ2) is 4.67. The first-order chi connectivity index (χ1) is 6.36. The monoisotopic (exact) mass is 201 g/mol. The van der Waals surface area contributed by atoms with E-state index in [-0.39, 0.29) is 0 Å². The van der Waals surface area contributed by atoms with Crippen molar-refractivity contribution in [2.45, 2.75) is 56.4 Å². The van der Waals surface area contributed by atoms with E-state index in [4.69, 9.17) is 4.84 Å².